The van der Waals surface area contributed by atoms with Crippen LogP contribution < -0.4 is 0 Å². The zero-order chi connectivity index (χ0) is 19.6. The largest absolute Gasteiger partial charge is 0.373 e. The normalized spacial score (nSPS) is 13.2. The Morgan fingerprint density at radius 1 is 0.893 bits per heavy atom. The van der Waals surface area contributed by atoms with Crippen LogP contribution in [0.15, 0.2) is 91.3 Å². The van der Waals surface area contributed by atoms with Gasteiger partial charge in [-0.3, -0.25) is 0 Å². The number of hydrogen-bond acceptors (Lipinski definition) is 2. The van der Waals surface area contributed by atoms with E-state index in [0.717, 1.165) is 5.56 Å². The lowest BCUT2D eigenvalue weighted by Gasteiger charge is -2.30. The van der Waals surface area contributed by atoms with Crippen molar-refractivity contribution in [3.63, 3.8) is 0 Å². The van der Waals surface area contributed by atoms with E-state index in [4.69, 9.17) is 23.2 Å². The lowest BCUT2D eigenvalue weighted by molar-refractivity contribution is 0.112. The molecule has 1 aromatic heterocycles. The Morgan fingerprint density at radius 3 is 2.25 bits per heavy atom. The van der Waals surface area contributed by atoms with Crippen LogP contribution in [0.1, 0.15) is 22.5 Å². The van der Waals surface area contributed by atoms with Gasteiger partial charge in [-0.2, -0.15) is 0 Å². The average molecular weight is 409 g/mol. The Kier molecular flexibility index (Phi) is 5.23. The molecule has 0 spiro atoms. The maximum atomic E-state index is 12.0. The van der Waals surface area contributed by atoms with E-state index < -0.39 is 5.60 Å². The summed E-state index contributed by atoms with van der Waals surface area (Å²) >= 11 is 12.6. The predicted molar refractivity (Wildman–Crippen MR) is 113 cm³/mol. The van der Waals surface area contributed by atoms with Crippen molar-refractivity contribution in [2.75, 3.05) is 0 Å². The molecular formula is C23H18Cl2N2O. The first-order valence-corrected chi connectivity index (χ1v) is 9.63. The summed E-state index contributed by atoms with van der Waals surface area (Å²) in [4.78, 5) is 4.52. The molecule has 1 atom stereocenters. The Labute approximate surface area is 173 Å². The Hall–Kier alpha value is -2.59. The van der Waals surface area contributed by atoms with Crippen LogP contribution in [0.2, 0.25) is 10.0 Å². The molecule has 1 N–H and O–H groups in total. The van der Waals surface area contributed by atoms with Crippen molar-refractivity contribution in [1.29, 1.82) is 0 Å². The maximum Gasteiger partial charge on any atom is 0.174 e. The predicted octanol–water partition coefficient (Wildman–Crippen LogP) is 5.52. The third-order valence-electron chi connectivity index (χ3n) is 4.75. The summed E-state index contributed by atoms with van der Waals surface area (Å²) in [5.74, 6) is 0.492. The molecule has 1 heterocycles. The number of benzene rings is 3. The van der Waals surface area contributed by atoms with Crippen LogP contribution in [0.4, 0.5) is 0 Å². The van der Waals surface area contributed by atoms with Crippen molar-refractivity contribution >= 4 is 23.2 Å². The fourth-order valence-corrected chi connectivity index (χ4v) is 3.95. The van der Waals surface area contributed by atoms with Gasteiger partial charge in [-0.1, -0.05) is 89.9 Å². The van der Waals surface area contributed by atoms with Gasteiger partial charge in [0, 0.05) is 34.5 Å². The number of aromatic nitrogens is 2. The number of imidazole rings is 1. The molecule has 0 saturated carbocycles. The molecule has 0 amide bonds. The standard InChI is InChI=1S/C23H18Cl2N2O/c24-19-11-12-20(21(25)15-19)23(28,18-9-5-2-6-10-18)22-26-13-14-27(22)16-17-7-3-1-4-8-17/h1-15,28H,16H2. The van der Waals surface area contributed by atoms with Crippen molar-refractivity contribution in [3.05, 3.63) is 124 Å². The summed E-state index contributed by atoms with van der Waals surface area (Å²) in [5.41, 5.74) is 0.797. The first-order chi connectivity index (χ1) is 13.6. The molecule has 0 radical (unpaired) electrons. The average Bonchev–Trinajstić information content (AvgIpc) is 3.17. The van der Waals surface area contributed by atoms with Crippen molar-refractivity contribution in [1.82, 2.24) is 9.55 Å². The van der Waals surface area contributed by atoms with Crippen LogP contribution in [-0.4, -0.2) is 14.7 Å². The molecule has 28 heavy (non-hydrogen) atoms. The highest BCUT2D eigenvalue weighted by molar-refractivity contribution is 6.35. The molecule has 3 aromatic carbocycles. The van der Waals surface area contributed by atoms with E-state index in [9.17, 15) is 5.11 Å². The van der Waals surface area contributed by atoms with Gasteiger partial charge in [0.25, 0.3) is 0 Å². The fourth-order valence-electron chi connectivity index (χ4n) is 3.41. The smallest absolute Gasteiger partial charge is 0.174 e. The number of rotatable bonds is 5. The van der Waals surface area contributed by atoms with Crippen molar-refractivity contribution in [2.24, 2.45) is 0 Å². The zero-order valence-corrected chi connectivity index (χ0v) is 16.5. The van der Waals surface area contributed by atoms with E-state index in [1.54, 1.807) is 24.4 Å². The van der Waals surface area contributed by atoms with Crippen molar-refractivity contribution in [2.45, 2.75) is 12.1 Å². The van der Waals surface area contributed by atoms with Gasteiger partial charge in [-0.25, -0.2) is 4.98 Å². The van der Waals surface area contributed by atoms with Gasteiger partial charge in [0.05, 0.1) is 0 Å². The van der Waals surface area contributed by atoms with E-state index in [-0.39, 0.29) is 0 Å². The van der Waals surface area contributed by atoms with E-state index in [1.165, 1.54) is 0 Å². The zero-order valence-electron chi connectivity index (χ0n) is 15.0. The van der Waals surface area contributed by atoms with Gasteiger partial charge < -0.3 is 9.67 Å². The summed E-state index contributed by atoms with van der Waals surface area (Å²) in [5, 5.41) is 12.9. The van der Waals surface area contributed by atoms with E-state index in [2.05, 4.69) is 4.98 Å². The number of nitrogens with zero attached hydrogens (tertiary/aromatic N) is 2. The fraction of sp³-hybridized carbons (Fsp3) is 0.0870. The minimum Gasteiger partial charge on any atom is -0.373 e. The Balaban J connectivity index is 1.90. The molecule has 0 aliphatic carbocycles. The molecule has 0 aliphatic rings. The van der Waals surface area contributed by atoms with Gasteiger partial charge in [-0.15, -0.1) is 0 Å². The monoisotopic (exact) mass is 408 g/mol. The lowest BCUT2D eigenvalue weighted by atomic mass is 9.85. The summed E-state index contributed by atoms with van der Waals surface area (Å²) in [6, 6.07) is 24.6. The van der Waals surface area contributed by atoms with E-state index in [1.807, 2.05) is 71.4 Å². The molecule has 0 aliphatic heterocycles. The molecule has 0 saturated heterocycles. The van der Waals surface area contributed by atoms with Gasteiger partial charge in [-0.05, 0) is 23.3 Å². The molecular weight excluding hydrogens is 391 g/mol. The molecule has 1 unspecified atom stereocenters. The highest BCUT2D eigenvalue weighted by Crippen LogP contribution is 2.40. The molecule has 0 fully saturated rings. The van der Waals surface area contributed by atoms with Gasteiger partial charge in [0.2, 0.25) is 0 Å². The number of halogens is 2. The second-order valence-corrected chi connectivity index (χ2v) is 7.41. The highest BCUT2D eigenvalue weighted by Gasteiger charge is 2.39. The molecule has 4 rings (SSSR count). The summed E-state index contributed by atoms with van der Waals surface area (Å²) in [7, 11) is 0. The van der Waals surface area contributed by atoms with Crippen LogP contribution in [0, 0.1) is 0 Å². The lowest BCUT2D eigenvalue weighted by Crippen LogP contribution is -2.33. The van der Waals surface area contributed by atoms with Crippen LogP contribution in [0.5, 0.6) is 0 Å². The van der Waals surface area contributed by atoms with Crippen LogP contribution >= 0.6 is 23.2 Å². The third-order valence-corrected chi connectivity index (χ3v) is 5.30. The van der Waals surface area contributed by atoms with Gasteiger partial charge in [0.15, 0.2) is 11.4 Å². The second kappa shape index (κ2) is 7.80. The summed E-state index contributed by atoms with van der Waals surface area (Å²) in [6.07, 6.45) is 3.55. The Morgan fingerprint density at radius 2 is 1.57 bits per heavy atom. The summed E-state index contributed by atoms with van der Waals surface area (Å²) < 4.78 is 1.94. The van der Waals surface area contributed by atoms with Crippen molar-refractivity contribution < 1.29 is 5.11 Å². The topological polar surface area (TPSA) is 38.1 Å². The molecule has 0 bridgehead atoms. The SMILES string of the molecule is OC(c1ccccc1)(c1ccc(Cl)cc1Cl)c1nccn1Cc1ccccc1. The van der Waals surface area contributed by atoms with Crippen molar-refractivity contribution in [3.8, 4) is 0 Å². The molecule has 5 heteroatoms. The molecule has 4 aromatic rings. The summed E-state index contributed by atoms with van der Waals surface area (Å²) in [6.45, 7) is 0.580. The first-order valence-electron chi connectivity index (χ1n) is 8.88. The second-order valence-electron chi connectivity index (χ2n) is 6.56. The van der Waals surface area contributed by atoms with Crippen LogP contribution in [0.25, 0.3) is 0 Å². The van der Waals surface area contributed by atoms with Gasteiger partial charge in [0.1, 0.15) is 0 Å². The van der Waals surface area contributed by atoms with Crippen LogP contribution in [0.3, 0.4) is 0 Å². The van der Waals surface area contributed by atoms with Crippen LogP contribution in [-0.2, 0) is 12.1 Å². The third kappa shape index (κ3) is 3.45. The quantitative estimate of drug-likeness (QED) is 0.471. The minimum absolute atomic E-state index is 0.383. The highest BCUT2D eigenvalue weighted by atomic mass is 35.5. The Bertz CT molecular complexity index is 1080. The maximum absolute atomic E-state index is 12.0. The first kappa shape index (κ1) is 18.8. The van der Waals surface area contributed by atoms with E-state index >= 15 is 0 Å². The van der Waals surface area contributed by atoms with E-state index in [0.29, 0.717) is 33.5 Å². The number of hydrogen-bond donors (Lipinski definition) is 1. The molecule has 140 valence electrons. The van der Waals surface area contributed by atoms with Gasteiger partial charge >= 0.3 is 0 Å². The number of aliphatic hydroxyl groups is 1. The minimum atomic E-state index is -1.53. The molecule has 3 nitrogen and oxygen atoms in total.